The second-order valence-corrected chi connectivity index (χ2v) is 5.14. The largest absolute Gasteiger partial charge is 0.493 e. The number of nitrogens with one attached hydrogen (secondary N) is 1. The van der Waals surface area contributed by atoms with Gasteiger partial charge in [0.2, 0.25) is 5.91 Å². The van der Waals surface area contributed by atoms with E-state index in [0.717, 1.165) is 5.56 Å². The van der Waals surface area contributed by atoms with Gasteiger partial charge >= 0.3 is 5.97 Å². The van der Waals surface area contributed by atoms with Gasteiger partial charge in [0.25, 0.3) is 0 Å². The minimum absolute atomic E-state index is 0.306. The molecule has 0 heterocycles. The van der Waals surface area contributed by atoms with Gasteiger partial charge in [0.05, 0.1) is 14.2 Å². The molecule has 0 saturated heterocycles. The molecular weight excluding hydrogens is 338 g/mol. The predicted octanol–water partition coefficient (Wildman–Crippen LogP) is 2.82. The first-order chi connectivity index (χ1) is 12.5. The van der Waals surface area contributed by atoms with Crippen LogP contribution in [0.3, 0.4) is 0 Å². The zero-order valence-electron chi connectivity index (χ0n) is 14.4. The first-order valence-corrected chi connectivity index (χ1v) is 7.67. The minimum atomic E-state index is -1.05. The van der Waals surface area contributed by atoms with Gasteiger partial charge in [-0.25, -0.2) is 4.79 Å². The van der Waals surface area contributed by atoms with Gasteiger partial charge in [-0.05, 0) is 48.0 Å². The summed E-state index contributed by atoms with van der Waals surface area (Å²) in [5.74, 6) is 0.235. The van der Waals surface area contributed by atoms with Crippen LogP contribution in [-0.2, 0) is 9.59 Å². The molecule has 0 aliphatic rings. The molecule has 0 aliphatic carbocycles. The number of benzene rings is 2. The van der Waals surface area contributed by atoms with Crippen molar-refractivity contribution in [1.29, 1.82) is 0 Å². The monoisotopic (exact) mass is 357 g/mol. The van der Waals surface area contributed by atoms with Crippen LogP contribution in [0.1, 0.15) is 5.56 Å². The molecule has 1 amide bonds. The molecule has 0 bridgehead atoms. The molecule has 26 heavy (non-hydrogen) atoms. The highest BCUT2D eigenvalue weighted by atomic mass is 16.5. The second kappa shape index (κ2) is 9.12. The Balaban J connectivity index is 1.95. The van der Waals surface area contributed by atoms with Crippen LogP contribution in [0.2, 0.25) is 0 Å². The van der Waals surface area contributed by atoms with E-state index >= 15 is 0 Å². The maximum Gasteiger partial charge on any atom is 0.341 e. The fourth-order valence-electron chi connectivity index (χ4n) is 2.09. The zero-order chi connectivity index (χ0) is 18.9. The number of rotatable bonds is 8. The maximum atomic E-state index is 12.0. The van der Waals surface area contributed by atoms with Crippen molar-refractivity contribution in [3.8, 4) is 17.2 Å². The number of carbonyl (C=O) groups excluding carboxylic acids is 1. The van der Waals surface area contributed by atoms with Gasteiger partial charge in [0.15, 0.2) is 18.1 Å². The van der Waals surface area contributed by atoms with Crippen LogP contribution >= 0.6 is 0 Å². The molecule has 7 nitrogen and oxygen atoms in total. The maximum absolute atomic E-state index is 12.0. The Hall–Kier alpha value is -3.48. The van der Waals surface area contributed by atoms with E-state index in [1.54, 1.807) is 62.8 Å². The highest BCUT2D eigenvalue weighted by Gasteiger charge is 2.04. The highest BCUT2D eigenvalue weighted by Crippen LogP contribution is 2.28. The summed E-state index contributed by atoms with van der Waals surface area (Å²) in [7, 11) is 3.10. The molecular formula is C19H19NO6. The molecule has 136 valence electrons. The molecule has 0 aromatic heterocycles. The average molecular weight is 357 g/mol. The first kappa shape index (κ1) is 18.9. The number of carboxylic acid groups (broad SMARTS) is 1. The molecule has 0 unspecified atom stereocenters. The Morgan fingerprint density at radius 3 is 2.35 bits per heavy atom. The lowest BCUT2D eigenvalue weighted by molar-refractivity contribution is -0.139. The van der Waals surface area contributed by atoms with E-state index in [-0.39, 0.29) is 5.91 Å². The van der Waals surface area contributed by atoms with E-state index in [9.17, 15) is 9.59 Å². The van der Waals surface area contributed by atoms with Crippen LogP contribution in [0.5, 0.6) is 17.2 Å². The summed E-state index contributed by atoms with van der Waals surface area (Å²) in [6.45, 7) is -0.417. The lowest BCUT2D eigenvalue weighted by Crippen LogP contribution is -2.10. The minimum Gasteiger partial charge on any atom is -0.493 e. The molecule has 2 rings (SSSR count). The predicted molar refractivity (Wildman–Crippen MR) is 96.8 cm³/mol. The third-order valence-electron chi connectivity index (χ3n) is 3.32. The van der Waals surface area contributed by atoms with E-state index in [0.29, 0.717) is 22.9 Å². The van der Waals surface area contributed by atoms with Crippen molar-refractivity contribution >= 4 is 23.6 Å². The van der Waals surface area contributed by atoms with Crippen molar-refractivity contribution in [1.82, 2.24) is 0 Å². The molecule has 0 radical (unpaired) electrons. The second-order valence-electron chi connectivity index (χ2n) is 5.14. The number of carboxylic acids is 1. The SMILES string of the molecule is COc1ccc(C=CC(=O)Nc2ccc(OCC(=O)O)cc2)cc1OC. The number of amides is 1. The molecule has 0 saturated carbocycles. The van der Waals surface area contributed by atoms with Crippen molar-refractivity contribution in [2.45, 2.75) is 0 Å². The van der Waals surface area contributed by atoms with E-state index in [4.69, 9.17) is 19.3 Å². The summed E-state index contributed by atoms with van der Waals surface area (Å²) in [6.07, 6.45) is 3.05. The number of ether oxygens (including phenoxy) is 3. The first-order valence-electron chi connectivity index (χ1n) is 7.67. The average Bonchev–Trinajstić information content (AvgIpc) is 2.65. The summed E-state index contributed by atoms with van der Waals surface area (Å²) in [4.78, 5) is 22.4. The van der Waals surface area contributed by atoms with Crippen LogP contribution in [0.15, 0.2) is 48.5 Å². The normalized spacial score (nSPS) is 10.4. The summed E-state index contributed by atoms with van der Waals surface area (Å²) < 4.78 is 15.4. The third-order valence-corrected chi connectivity index (χ3v) is 3.32. The van der Waals surface area contributed by atoms with Gasteiger partial charge in [-0.2, -0.15) is 0 Å². The number of aliphatic carboxylic acids is 1. The molecule has 2 aromatic rings. The zero-order valence-corrected chi connectivity index (χ0v) is 14.4. The van der Waals surface area contributed by atoms with Crippen molar-refractivity contribution in [2.24, 2.45) is 0 Å². The van der Waals surface area contributed by atoms with Gasteiger partial charge < -0.3 is 24.6 Å². The van der Waals surface area contributed by atoms with Crippen LogP contribution in [0.4, 0.5) is 5.69 Å². The Morgan fingerprint density at radius 1 is 1.04 bits per heavy atom. The van der Waals surface area contributed by atoms with Crippen LogP contribution in [0, 0.1) is 0 Å². The molecule has 7 heteroatoms. The standard InChI is InChI=1S/C19H19NO6/c1-24-16-9-3-13(11-17(16)25-2)4-10-18(21)20-14-5-7-15(8-6-14)26-12-19(22)23/h3-11H,12H2,1-2H3,(H,20,21)(H,22,23). The Morgan fingerprint density at radius 2 is 1.73 bits per heavy atom. The number of anilines is 1. The summed E-state index contributed by atoms with van der Waals surface area (Å²) in [5.41, 5.74) is 1.35. The lowest BCUT2D eigenvalue weighted by atomic mass is 10.2. The van der Waals surface area contributed by atoms with Gasteiger partial charge in [0.1, 0.15) is 5.75 Å². The Kier molecular flexibility index (Phi) is 6.61. The summed E-state index contributed by atoms with van der Waals surface area (Å²) >= 11 is 0. The van der Waals surface area contributed by atoms with Gasteiger partial charge in [0, 0.05) is 11.8 Å². The number of methoxy groups -OCH3 is 2. The smallest absolute Gasteiger partial charge is 0.341 e. The van der Waals surface area contributed by atoms with Gasteiger partial charge in [-0.15, -0.1) is 0 Å². The van der Waals surface area contributed by atoms with Crippen LogP contribution in [-0.4, -0.2) is 37.8 Å². The summed E-state index contributed by atoms with van der Waals surface area (Å²) in [6, 6.07) is 11.7. The Bertz CT molecular complexity index is 798. The van der Waals surface area contributed by atoms with Crippen molar-refractivity contribution in [3.05, 3.63) is 54.1 Å². The van der Waals surface area contributed by atoms with E-state index in [1.807, 2.05) is 0 Å². The van der Waals surface area contributed by atoms with E-state index in [1.165, 1.54) is 6.08 Å². The van der Waals surface area contributed by atoms with Gasteiger partial charge in [-0.1, -0.05) is 6.07 Å². The molecule has 0 aliphatic heterocycles. The van der Waals surface area contributed by atoms with Gasteiger partial charge in [-0.3, -0.25) is 4.79 Å². The van der Waals surface area contributed by atoms with E-state index in [2.05, 4.69) is 5.32 Å². The molecule has 0 fully saturated rings. The molecule has 0 spiro atoms. The molecule has 0 atom stereocenters. The third kappa shape index (κ3) is 5.55. The number of carbonyl (C=O) groups is 2. The van der Waals surface area contributed by atoms with Crippen LogP contribution in [0.25, 0.3) is 6.08 Å². The van der Waals surface area contributed by atoms with E-state index < -0.39 is 12.6 Å². The fourth-order valence-corrected chi connectivity index (χ4v) is 2.09. The topological polar surface area (TPSA) is 94.1 Å². The quantitative estimate of drug-likeness (QED) is 0.706. The number of hydrogen-bond acceptors (Lipinski definition) is 5. The van der Waals surface area contributed by atoms with Crippen LogP contribution < -0.4 is 19.5 Å². The highest BCUT2D eigenvalue weighted by molar-refractivity contribution is 6.02. The Labute approximate surface area is 150 Å². The molecule has 2 aromatic carbocycles. The van der Waals surface area contributed by atoms with Crippen molar-refractivity contribution < 1.29 is 28.9 Å². The summed E-state index contributed by atoms with van der Waals surface area (Å²) in [5, 5.41) is 11.3. The van der Waals surface area contributed by atoms with Crippen molar-refractivity contribution in [3.63, 3.8) is 0 Å². The van der Waals surface area contributed by atoms with Crippen molar-refractivity contribution in [2.75, 3.05) is 26.1 Å². The fraction of sp³-hybridized carbons (Fsp3) is 0.158. The number of hydrogen-bond donors (Lipinski definition) is 2. The molecule has 2 N–H and O–H groups in total. The lowest BCUT2D eigenvalue weighted by Gasteiger charge is -2.07.